The zero-order chi connectivity index (χ0) is 11.3. The van der Waals surface area contributed by atoms with Crippen LogP contribution in [0, 0.1) is 22.6 Å². The van der Waals surface area contributed by atoms with Crippen LogP contribution in [0.5, 0.6) is 0 Å². The van der Waals surface area contributed by atoms with E-state index in [4.69, 9.17) is 5.26 Å². The van der Waals surface area contributed by atoms with Crippen LogP contribution in [-0.2, 0) is 6.54 Å². The molecule has 0 aliphatic heterocycles. The maximum atomic E-state index is 12.6. The first kappa shape index (κ1) is 11.7. The van der Waals surface area contributed by atoms with E-state index in [0.717, 1.165) is 5.56 Å². The van der Waals surface area contributed by atoms with Gasteiger partial charge < -0.3 is 5.32 Å². The Balaban J connectivity index is 2.39. The topological polar surface area (TPSA) is 35.8 Å². The van der Waals surface area contributed by atoms with Crippen LogP contribution in [0.25, 0.3) is 0 Å². The van der Waals surface area contributed by atoms with Crippen molar-refractivity contribution in [1.29, 1.82) is 5.26 Å². The van der Waals surface area contributed by atoms with E-state index < -0.39 is 0 Å². The molecule has 0 aromatic heterocycles. The van der Waals surface area contributed by atoms with Crippen LogP contribution in [0.15, 0.2) is 24.3 Å². The van der Waals surface area contributed by atoms with Crippen LogP contribution >= 0.6 is 0 Å². The molecule has 0 saturated carbocycles. The van der Waals surface area contributed by atoms with Crippen LogP contribution in [-0.4, -0.2) is 6.54 Å². The minimum absolute atomic E-state index is 0.226. The molecule has 0 bridgehead atoms. The molecule has 0 atom stereocenters. The van der Waals surface area contributed by atoms with E-state index in [1.165, 1.54) is 12.1 Å². The Bertz CT molecular complexity index is 349. The largest absolute Gasteiger partial charge is 0.311 e. The van der Waals surface area contributed by atoms with Gasteiger partial charge in [-0.25, -0.2) is 4.39 Å². The van der Waals surface area contributed by atoms with Gasteiger partial charge in [-0.1, -0.05) is 12.1 Å². The summed E-state index contributed by atoms with van der Waals surface area (Å²) >= 11 is 0. The van der Waals surface area contributed by atoms with E-state index in [2.05, 4.69) is 11.4 Å². The predicted molar refractivity (Wildman–Crippen MR) is 57.5 cm³/mol. The van der Waals surface area contributed by atoms with Gasteiger partial charge in [0, 0.05) is 13.1 Å². The molecule has 1 aromatic carbocycles. The molecule has 1 N–H and O–H groups in total. The summed E-state index contributed by atoms with van der Waals surface area (Å²) in [4.78, 5) is 0. The lowest BCUT2D eigenvalue weighted by Crippen LogP contribution is -2.27. The maximum absolute atomic E-state index is 12.6. The second-order valence-corrected chi connectivity index (χ2v) is 4.23. The van der Waals surface area contributed by atoms with Gasteiger partial charge in [-0.15, -0.1) is 0 Å². The molecule has 0 heterocycles. The van der Waals surface area contributed by atoms with Crippen molar-refractivity contribution < 1.29 is 4.39 Å². The third-order valence-electron chi connectivity index (χ3n) is 2.11. The molecular formula is C12H15FN2. The summed E-state index contributed by atoms with van der Waals surface area (Å²) in [5, 5.41) is 12.0. The third kappa shape index (κ3) is 4.09. The molecule has 2 nitrogen and oxygen atoms in total. The standard InChI is InChI=1S/C12H15FN2/c1-12(2,8-14)9-15-7-10-3-5-11(13)6-4-10/h3-6,15H,7,9H2,1-2H3. The van der Waals surface area contributed by atoms with Gasteiger partial charge in [-0.3, -0.25) is 0 Å². The molecule has 0 aliphatic carbocycles. The number of benzene rings is 1. The molecule has 0 fully saturated rings. The van der Waals surface area contributed by atoms with Crippen molar-refractivity contribution in [2.24, 2.45) is 5.41 Å². The summed E-state index contributed by atoms with van der Waals surface area (Å²) in [5.41, 5.74) is 0.658. The van der Waals surface area contributed by atoms with E-state index in [9.17, 15) is 4.39 Å². The number of rotatable bonds is 4. The Hall–Kier alpha value is -1.40. The summed E-state index contributed by atoms with van der Waals surface area (Å²) in [6, 6.07) is 8.56. The molecule has 0 spiro atoms. The van der Waals surface area contributed by atoms with Crippen LogP contribution in [0.1, 0.15) is 19.4 Å². The predicted octanol–water partition coefficient (Wildman–Crippen LogP) is 2.47. The lowest BCUT2D eigenvalue weighted by molar-refractivity contribution is 0.445. The molecule has 15 heavy (non-hydrogen) atoms. The third-order valence-corrected chi connectivity index (χ3v) is 2.11. The second kappa shape index (κ2) is 4.90. The van der Waals surface area contributed by atoms with E-state index in [-0.39, 0.29) is 11.2 Å². The fourth-order valence-electron chi connectivity index (χ4n) is 1.16. The molecule has 0 saturated heterocycles. The van der Waals surface area contributed by atoms with Crippen molar-refractivity contribution in [3.8, 4) is 6.07 Å². The van der Waals surface area contributed by atoms with Crippen molar-refractivity contribution in [3.63, 3.8) is 0 Å². The van der Waals surface area contributed by atoms with E-state index in [1.54, 1.807) is 12.1 Å². The number of halogens is 1. The van der Waals surface area contributed by atoms with Gasteiger partial charge in [0.2, 0.25) is 0 Å². The summed E-state index contributed by atoms with van der Waals surface area (Å²) < 4.78 is 12.6. The van der Waals surface area contributed by atoms with E-state index in [0.29, 0.717) is 13.1 Å². The van der Waals surface area contributed by atoms with Gasteiger partial charge >= 0.3 is 0 Å². The Labute approximate surface area is 89.7 Å². The number of nitrogens with one attached hydrogen (secondary N) is 1. The fraction of sp³-hybridized carbons (Fsp3) is 0.417. The van der Waals surface area contributed by atoms with Gasteiger partial charge in [-0.2, -0.15) is 5.26 Å². The molecule has 1 rings (SSSR count). The molecule has 80 valence electrons. The Kier molecular flexibility index (Phi) is 3.81. The maximum Gasteiger partial charge on any atom is 0.123 e. The average molecular weight is 206 g/mol. The number of nitrogens with zero attached hydrogens (tertiary/aromatic N) is 1. The van der Waals surface area contributed by atoms with Crippen LogP contribution in [0.2, 0.25) is 0 Å². The highest BCUT2D eigenvalue weighted by molar-refractivity contribution is 5.15. The summed E-state index contributed by atoms with van der Waals surface area (Å²) in [6.45, 7) is 5.04. The summed E-state index contributed by atoms with van der Waals surface area (Å²) in [7, 11) is 0. The zero-order valence-electron chi connectivity index (χ0n) is 9.05. The average Bonchev–Trinajstić information content (AvgIpc) is 2.21. The summed E-state index contributed by atoms with van der Waals surface area (Å²) in [5.74, 6) is -0.226. The van der Waals surface area contributed by atoms with Gasteiger partial charge in [0.05, 0.1) is 11.5 Å². The summed E-state index contributed by atoms with van der Waals surface area (Å²) in [6.07, 6.45) is 0. The first-order valence-electron chi connectivity index (χ1n) is 4.90. The molecule has 0 aliphatic rings. The normalized spacial score (nSPS) is 11.1. The highest BCUT2D eigenvalue weighted by Crippen LogP contribution is 2.11. The zero-order valence-corrected chi connectivity index (χ0v) is 9.05. The van der Waals surface area contributed by atoms with E-state index in [1.807, 2.05) is 13.8 Å². The smallest absolute Gasteiger partial charge is 0.123 e. The van der Waals surface area contributed by atoms with Crippen LogP contribution in [0.4, 0.5) is 4.39 Å². The van der Waals surface area contributed by atoms with Gasteiger partial charge in [-0.05, 0) is 31.5 Å². The van der Waals surface area contributed by atoms with Crippen molar-refractivity contribution in [2.45, 2.75) is 20.4 Å². The van der Waals surface area contributed by atoms with E-state index >= 15 is 0 Å². The molecule has 0 amide bonds. The number of hydrogen-bond donors (Lipinski definition) is 1. The fourth-order valence-corrected chi connectivity index (χ4v) is 1.16. The van der Waals surface area contributed by atoms with Crippen molar-refractivity contribution in [1.82, 2.24) is 5.32 Å². The van der Waals surface area contributed by atoms with Crippen molar-refractivity contribution in [3.05, 3.63) is 35.6 Å². The number of hydrogen-bond acceptors (Lipinski definition) is 2. The van der Waals surface area contributed by atoms with Crippen molar-refractivity contribution in [2.75, 3.05) is 6.54 Å². The number of nitriles is 1. The highest BCUT2D eigenvalue weighted by Gasteiger charge is 2.15. The van der Waals surface area contributed by atoms with Crippen LogP contribution < -0.4 is 5.32 Å². The van der Waals surface area contributed by atoms with Gasteiger partial charge in [0.1, 0.15) is 5.82 Å². The molecular weight excluding hydrogens is 191 g/mol. The van der Waals surface area contributed by atoms with Gasteiger partial charge in [0.25, 0.3) is 0 Å². The van der Waals surface area contributed by atoms with Crippen LogP contribution in [0.3, 0.4) is 0 Å². The monoisotopic (exact) mass is 206 g/mol. The minimum atomic E-state index is -0.361. The van der Waals surface area contributed by atoms with Gasteiger partial charge in [0.15, 0.2) is 0 Å². The highest BCUT2D eigenvalue weighted by atomic mass is 19.1. The van der Waals surface area contributed by atoms with Crippen molar-refractivity contribution >= 4 is 0 Å². The molecule has 0 radical (unpaired) electrons. The lowest BCUT2D eigenvalue weighted by atomic mass is 9.96. The first-order valence-corrected chi connectivity index (χ1v) is 4.90. The second-order valence-electron chi connectivity index (χ2n) is 4.23. The molecule has 1 aromatic rings. The molecule has 3 heteroatoms. The lowest BCUT2D eigenvalue weighted by Gasteiger charge is -2.15. The minimum Gasteiger partial charge on any atom is -0.311 e. The first-order chi connectivity index (χ1) is 7.03. The Morgan fingerprint density at radius 3 is 2.47 bits per heavy atom. The quantitative estimate of drug-likeness (QED) is 0.821. The molecule has 0 unspecified atom stereocenters. The Morgan fingerprint density at radius 1 is 1.33 bits per heavy atom. The SMILES string of the molecule is CC(C)(C#N)CNCc1ccc(F)cc1. The Morgan fingerprint density at radius 2 is 1.93 bits per heavy atom.